The van der Waals surface area contributed by atoms with Crippen LogP contribution in [0, 0.1) is 10.1 Å². The summed E-state index contributed by atoms with van der Waals surface area (Å²) in [6, 6.07) is 11.1. The lowest BCUT2D eigenvalue weighted by molar-refractivity contribution is -0.384. The Hall–Kier alpha value is -4.32. The summed E-state index contributed by atoms with van der Waals surface area (Å²) in [4.78, 5) is 63.2. The molecule has 38 heavy (non-hydrogen) atoms. The first kappa shape index (κ1) is 28.3. The zero-order valence-corrected chi connectivity index (χ0v) is 21.3. The topological polar surface area (TPSA) is 177 Å². The second-order valence-corrected chi connectivity index (χ2v) is 9.25. The highest BCUT2D eigenvalue weighted by molar-refractivity contribution is 5.99. The fourth-order valence-corrected chi connectivity index (χ4v) is 4.18. The molecule has 0 radical (unpaired) electrons. The average Bonchev–Trinajstić information content (AvgIpc) is 3.38. The van der Waals surface area contributed by atoms with E-state index in [-0.39, 0.29) is 12.1 Å². The van der Waals surface area contributed by atoms with Gasteiger partial charge in [0.15, 0.2) is 0 Å². The molecule has 12 nitrogen and oxygen atoms in total. The van der Waals surface area contributed by atoms with Gasteiger partial charge in [-0.15, -0.1) is 0 Å². The summed E-state index contributed by atoms with van der Waals surface area (Å²) < 4.78 is 0. The molecular formula is C26H32N6O6. The molecule has 0 aliphatic carbocycles. The quantitative estimate of drug-likeness (QED) is 0.266. The Bertz CT molecular complexity index is 1170. The number of hydrogen-bond donors (Lipinski definition) is 4. The Labute approximate surface area is 220 Å². The van der Waals surface area contributed by atoms with E-state index >= 15 is 0 Å². The Morgan fingerprint density at radius 2 is 1.68 bits per heavy atom. The number of anilines is 1. The summed E-state index contributed by atoms with van der Waals surface area (Å²) in [7, 11) is 0. The zero-order valence-electron chi connectivity index (χ0n) is 21.3. The van der Waals surface area contributed by atoms with Crippen LogP contribution in [0.4, 0.5) is 11.4 Å². The highest BCUT2D eigenvalue weighted by Crippen LogP contribution is 2.20. The number of nitrogens with two attached hydrogens (primary N) is 1. The van der Waals surface area contributed by atoms with Crippen molar-refractivity contribution in [1.29, 1.82) is 0 Å². The van der Waals surface area contributed by atoms with E-state index in [0.29, 0.717) is 25.1 Å². The Balaban J connectivity index is 1.73. The van der Waals surface area contributed by atoms with Crippen LogP contribution in [0.1, 0.15) is 32.3 Å². The normalized spacial score (nSPS) is 17.1. The molecule has 2 aromatic carbocycles. The number of rotatable bonds is 10. The molecule has 202 valence electrons. The van der Waals surface area contributed by atoms with Crippen molar-refractivity contribution in [3.05, 3.63) is 70.3 Å². The van der Waals surface area contributed by atoms with E-state index in [9.17, 15) is 29.3 Å². The van der Waals surface area contributed by atoms with E-state index in [2.05, 4.69) is 16.0 Å². The van der Waals surface area contributed by atoms with Crippen molar-refractivity contribution in [2.75, 3.05) is 11.9 Å². The predicted octanol–water partition coefficient (Wildman–Crippen LogP) is 1.10. The first-order valence-electron chi connectivity index (χ1n) is 12.3. The van der Waals surface area contributed by atoms with Crippen molar-refractivity contribution in [2.45, 2.75) is 57.3 Å². The van der Waals surface area contributed by atoms with Crippen molar-refractivity contribution in [2.24, 2.45) is 5.73 Å². The Morgan fingerprint density at radius 1 is 1.03 bits per heavy atom. The van der Waals surface area contributed by atoms with Crippen LogP contribution in [-0.4, -0.2) is 64.2 Å². The number of amides is 4. The largest absolute Gasteiger partial charge is 0.343 e. The molecule has 1 heterocycles. The minimum absolute atomic E-state index is 0.116. The van der Waals surface area contributed by atoms with E-state index in [1.54, 1.807) is 0 Å². The first-order valence-corrected chi connectivity index (χ1v) is 12.3. The highest BCUT2D eigenvalue weighted by atomic mass is 16.6. The number of non-ortho nitro benzene ring substituents is 1. The van der Waals surface area contributed by atoms with Crippen molar-refractivity contribution in [3.63, 3.8) is 0 Å². The van der Waals surface area contributed by atoms with Crippen molar-refractivity contribution in [3.8, 4) is 0 Å². The molecule has 4 amide bonds. The monoisotopic (exact) mass is 524 g/mol. The Morgan fingerprint density at radius 3 is 2.29 bits per heavy atom. The SMILES string of the molecule is C[C@H](N)C(=O)N[C@H](C)C(=O)N1CCC[C@H]1C(=O)N[C@@H](Cc1ccccc1)C(=O)Nc1ccc([N+](=O)[O-])cc1. The van der Waals surface area contributed by atoms with E-state index in [4.69, 9.17) is 5.73 Å². The molecule has 1 aliphatic rings. The summed E-state index contributed by atoms with van der Waals surface area (Å²) in [6.45, 7) is 3.38. The third-order valence-electron chi connectivity index (χ3n) is 6.24. The number of hydrogen-bond acceptors (Lipinski definition) is 7. The molecule has 0 saturated carbocycles. The summed E-state index contributed by atoms with van der Waals surface area (Å²) in [6.07, 6.45) is 1.19. The van der Waals surface area contributed by atoms with E-state index in [1.165, 1.54) is 43.0 Å². The number of carbonyl (C=O) groups is 4. The number of benzene rings is 2. The van der Waals surface area contributed by atoms with Crippen LogP contribution in [0.15, 0.2) is 54.6 Å². The molecule has 0 aromatic heterocycles. The third kappa shape index (κ3) is 7.35. The summed E-state index contributed by atoms with van der Waals surface area (Å²) >= 11 is 0. The molecule has 5 N–H and O–H groups in total. The summed E-state index contributed by atoms with van der Waals surface area (Å²) in [5, 5.41) is 18.9. The van der Waals surface area contributed by atoms with Gasteiger partial charge < -0.3 is 26.6 Å². The lowest BCUT2D eigenvalue weighted by atomic mass is 10.0. The van der Waals surface area contributed by atoms with Crippen LogP contribution in [0.3, 0.4) is 0 Å². The molecule has 4 atom stereocenters. The lowest BCUT2D eigenvalue weighted by Gasteiger charge is -2.29. The van der Waals surface area contributed by atoms with Crippen LogP contribution in [0.2, 0.25) is 0 Å². The predicted molar refractivity (Wildman–Crippen MR) is 140 cm³/mol. The maximum atomic E-state index is 13.3. The smallest absolute Gasteiger partial charge is 0.269 e. The number of carbonyl (C=O) groups excluding carboxylic acids is 4. The molecular weight excluding hydrogens is 492 g/mol. The second kappa shape index (κ2) is 12.8. The van der Waals surface area contributed by atoms with Gasteiger partial charge in [0.2, 0.25) is 23.6 Å². The van der Waals surface area contributed by atoms with Crippen molar-refractivity contribution < 1.29 is 24.1 Å². The average molecular weight is 525 g/mol. The fraction of sp³-hybridized carbons (Fsp3) is 0.385. The zero-order chi connectivity index (χ0) is 27.8. The van der Waals surface area contributed by atoms with Gasteiger partial charge in [-0.1, -0.05) is 30.3 Å². The van der Waals surface area contributed by atoms with Gasteiger partial charge in [-0.25, -0.2) is 0 Å². The fourth-order valence-electron chi connectivity index (χ4n) is 4.18. The molecule has 0 spiro atoms. The molecule has 0 bridgehead atoms. The van der Waals surface area contributed by atoms with Gasteiger partial charge in [-0.05, 0) is 44.4 Å². The van der Waals surface area contributed by atoms with Crippen LogP contribution in [0.25, 0.3) is 0 Å². The molecule has 2 aromatic rings. The van der Waals surface area contributed by atoms with Gasteiger partial charge in [0.25, 0.3) is 5.69 Å². The molecule has 1 saturated heterocycles. The van der Waals surface area contributed by atoms with Crippen molar-refractivity contribution in [1.82, 2.24) is 15.5 Å². The standard InChI is InChI=1S/C26H32N6O6/c1-16(27)23(33)28-17(2)26(36)31-14-6-9-22(31)25(35)30-21(15-18-7-4-3-5-8-18)24(34)29-19-10-12-20(13-11-19)32(37)38/h3-5,7-8,10-13,16-17,21-22H,6,9,14-15,27H2,1-2H3,(H,28,33)(H,29,34)(H,30,35)/t16-,17+,21-,22-/m0/s1. The van der Waals surface area contributed by atoms with Crippen LogP contribution >= 0.6 is 0 Å². The summed E-state index contributed by atoms with van der Waals surface area (Å²) in [5.74, 6) is -1.88. The minimum atomic E-state index is -0.979. The van der Waals surface area contributed by atoms with E-state index in [1.807, 2.05) is 30.3 Å². The Kier molecular flexibility index (Phi) is 9.49. The number of likely N-dealkylation sites (tertiary alicyclic amines) is 1. The third-order valence-corrected chi connectivity index (χ3v) is 6.24. The van der Waals surface area contributed by atoms with Gasteiger partial charge in [-0.2, -0.15) is 0 Å². The lowest BCUT2D eigenvalue weighted by Crippen LogP contribution is -2.56. The molecule has 3 rings (SSSR count). The van der Waals surface area contributed by atoms with Gasteiger partial charge >= 0.3 is 0 Å². The minimum Gasteiger partial charge on any atom is -0.343 e. The number of nitrogens with one attached hydrogen (secondary N) is 3. The molecule has 0 unspecified atom stereocenters. The molecule has 12 heteroatoms. The molecule has 1 fully saturated rings. The first-order chi connectivity index (χ1) is 18.1. The van der Waals surface area contributed by atoms with Crippen LogP contribution in [-0.2, 0) is 25.6 Å². The van der Waals surface area contributed by atoms with Crippen molar-refractivity contribution >= 4 is 35.0 Å². The van der Waals surface area contributed by atoms with Crippen LogP contribution < -0.4 is 21.7 Å². The highest BCUT2D eigenvalue weighted by Gasteiger charge is 2.38. The number of nitrogens with zero attached hydrogens (tertiary/aromatic N) is 2. The van der Waals surface area contributed by atoms with Gasteiger partial charge in [-0.3, -0.25) is 29.3 Å². The molecule has 1 aliphatic heterocycles. The number of nitro groups is 1. The van der Waals surface area contributed by atoms with Gasteiger partial charge in [0.1, 0.15) is 18.1 Å². The van der Waals surface area contributed by atoms with E-state index < -0.39 is 52.7 Å². The van der Waals surface area contributed by atoms with Crippen LogP contribution in [0.5, 0.6) is 0 Å². The van der Waals surface area contributed by atoms with Gasteiger partial charge in [0, 0.05) is 30.8 Å². The number of nitro benzene ring substituents is 1. The van der Waals surface area contributed by atoms with E-state index in [0.717, 1.165) is 5.56 Å². The second-order valence-electron chi connectivity index (χ2n) is 9.25. The maximum Gasteiger partial charge on any atom is 0.269 e. The van der Waals surface area contributed by atoms with Gasteiger partial charge in [0.05, 0.1) is 11.0 Å². The maximum absolute atomic E-state index is 13.3. The summed E-state index contributed by atoms with van der Waals surface area (Å²) in [5.41, 5.74) is 6.60.